The maximum absolute atomic E-state index is 10.9. The Kier molecular flexibility index (Phi) is 6.31. The van der Waals surface area contributed by atoms with Crippen LogP contribution in [0.4, 0.5) is 5.69 Å². The monoisotopic (exact) mass is 352 g/mol. The molecule has 0 bridgehead atoms. The number of aliphatic hydroxyl groups is 1. The number of likely N-dealkylation sites (N-methyl/N-ethyl adjacent to an activating group) is 1. The van der Waals surface area contributed by atoms with Crippen LogP contribution < -0.4 is 10.2 Å². The Morgan fingerprint density at radius 3 is 2.39 bits per heavy atom. The van der Waals surface area contributed by atoms with Gasteiger partial charge >= 0.3 is 0 Å². The van der Waals surface area contributed by atoms with E-state index in [1.807, 2.05) is 62.4 Å². The molecular formula is C18H22Cl2N2O. The highest BCUT2D eigenvalue weighted by Crippen LogP contribution is 2.34. The van der Waals surface area contributed by atoms with Gasteiger partial charge < -0.3 is 15.3 Å². The number of rotatable bonds is 6. The largest absolute Gasteiger partial charge is 0.388 e. The minimum atomic E-state index is -0.639. The normalized spacial score (nSPS) is 13.7. The molecule has 124 valence electrons. The summed E-state index contributed by atoms with van der Waals surface area (Å²) in [4.78, 5) is 2.02. The quantitative estimate of drug-likeness (QED) is 0.821. The van der Waals surface area contributed by atoms with Crippen LogP contribution in [0.2, 0.25) is 10.0 Å². The van der Waals surface area contributed by atoms with Gasteiger partial charge in [0.15, 0.2) is 0 Å². The Balaban J connectivity index is 2.36. The van der Waals surface area contributed by atoms with Crippen molar-refractivity contribution in [3.05, 3.63) is 63.6 Å². The molecule has 0 aromatic heterocycles. The topological polar surface area (TPSA) is 35.5 Å². The molecule has 2 N–H and O–H groups in total. The minimum absolute atomic E-state index is 0.118. The van der Waals surface area contributed by atoms with E-state index in [-0.39, 0.29) is 5.92 Å². The van der Waals surface area contributed by atoms with Gasteiger partial charge in [-0.1, -0.05) is 41.4 Å². The lowest BCUT2D eigenvalue weighted by Crippen LogP contribution is -2.23. The van der Waals surface area contributed by atoms with E-state index in [1.165, 1.54) is 0 Å². The Hall–Kier alpha value is -1.26. The van der Waals surface area contributed by atoms with Crippen LogP contribution in [-0.4, -0.2) is 32.8 Å². The second-order valence-electron chi connectivity index (χ2n) is 5.77. The third-order valence-corrected chi connectivity index (χ3v) is 4.64. The molecule has 0 saturated heterocycles. The van der Waals surface area contributed by atoms with E-state index in [1.54, 1.807) is 6.07 Å². The summed E-state index contributed by atoms with van der Waals surface area (Å²) in [6.07, 6.45) is -0.639. The number of nitrogens with one attached hydrogen (secondary N) is 1. The van der Waals surface area contributed by atoms with Gasteiger partial charge in [0.2, 0.25) is 0 Å². The lowest BCUT2D eigenvalue weighted by Gasteiger charge is -2.25. The van der Waals surface area contributed by atoms with Crippen LogP contribution in [0.15, 0.2) is 42.5 Å². The third kappa shape index (κ3) is 4.39. The lowest BCUT2D eigenvalue weighted by atomic mass is 9.89. The highest BCUT2D eigenvalue weighted by Gasteiger charge is 2.23. The van der Waals surface area contributed by atoms with Crippen molar-refractivity contribution in [2.24, 2.45) is 0 Å². The number of hydrogen-bond acceptors (Lipinski definition) is 3. The van der Waals surface area contributed by atoms with Gasteiger partial charge in [-0.3, -0.25) is 0 Å². The zero-order chi connectivity index (χ0) is 17.0. The zero-order valence-electron chi connectivity index (χ0n) is 13.6. The summed E-state index contributed by atoms with van der Waals surface area (Å²) in [5.41, 5.74) is 2.89. The van der Waals surface area contributed by atoms with E-state index in [9.17, 15) is 5.11 Å². The summed E-state index contributed by atoms with van der Waals surface area (Å²) in [7, 11) is 5.83. The van der Waals surface area contributed by atoms with E-state index >= 15 is 0 Å². The lowest BCUT2D eigenvalue weighted by molar-refractivity contribution is 0.144. The van der Waals surface area contributed by atoms with Gasteiger partial charge in [0.1, 0.15) is 0 Å². The van der Waals surface area contributed by atoms with Crippen LogP contribution in [-0.2, 0) is 0 Å². The van der Waals surface area contributed by atoms with Crippen LogP contribution in [0.25, 0.3) is 0 Å². The molecule has 5 heteroatoms. The fraction of sp³-hybridized carbons (Fsp3) is 0.333. The minimum Gasteiger partial charge on any atom is -0.388 e. The Morgan fingerprint density at radius 1 is 1.04 bits per heavy atom. The molecule has 0 radical (unpaired) electrons. The summed E-state index contributed by atoms with van der Waals surface area (Å²) in [6, 6.07) is 13.4. The van der Waals surface area contributed by atoms with Crippen molar-refractivity contribution in [2.45, 2.75) is 12.0 Å². The van der Waals surface area contributed by atoms with Gasteiger partial charge in [0.25, 0.3) is 0 Å². The summed E-state index contributed by atoms with van der Waals surface area (Å²) in [5.74, 6) is -0.118. The second kappa shape index (κ2) is 8.02. The number of hydrogen-bond donors (Lipinski definition) is 2. The van der Waals surface area contributed by atoms with E-state index in [2.05, 4.69) is 5.32 Å². The molecule has 0 aliphatic rings. The third-order valence-electron chi connectivity index (χ3n) is 3.91. The maximum Gasteiger partial charge on any atom is 0.0871 e. The first-order valence-electron chi connectivity index (χ1n) is 7.49. The predicted octanol–water partition coefficient (Wildman–Crippen LogP) is 4.10. The second-order valence-corrected chi connectivity index (χ2v) is 6.59. The van der Waals surface area contributed by atoms with Crippen LogP contribution in [0.3, 0.4) is 0 Å². The Labute approximate surface area is 147 Å². The molecule has 3 nitrogen and oxygen atoms in total. The first-order valence-corrected chi connectivity index (χ1v) is 8.24. The molecule has 0 aliphatic carbocycles. The molecule has 23 heavy (non-hydrogen) atoms. The van der Waals surface area contributed by atoms with E-state index < -0.39 is 6.10 Å². The van der Waals surface area contributed by atoms with Crippen molar-refractivity contribution in [2.75, 3.05) is 32.6 Å². The molecule has 2 aromatic rings. The van der Waals surface area contributed by atoms with Gasteiger partial charge in [-0.05, 0) is 42.4 Å². The zero-order valence-corrected chi connectivity index (χ0v) is 15.1. The van der Waals surface area contributed by atoms with Gasteiger partial charge in [0, 0.05) is 32.2 Å². The van der Waals surface area contributed by atoms with Crippen molar-refractivity contribution in [1.82, 2.24) is 5.32 Å². The fourth-order valence-electron chi connectivity index (χ4n) is 2.59. The van der Waals surface area contributed by atoms with Crippen LogP contribution in [0.1, 0.15) is 23.1 Å². The number of aliphatic hydroxyl groups excluding tert-OH is 1. The van der Waals surface area contributed by atoms with E-state index in [4.69, 9.17) is 23.2 Å². The SMILES string of the molecule is CNCC(c1ccc(Cl)c(Cl)c1)[C@H](O)c1cccc(N(C)C)c1. The molecule has 0 heterocycles. The van der Waals surface area contributed by atoms with Crippen LogP contribution >= 0.6 is 23.2 Å². The molecule has 2 aromatic carbocycles. The summed E-state index contributed by atoms with van der Waals surface area (Å²) >= 11 is 12.1. The summed E-state index contributed by atoms with van der Waals surface area (Å²) in [5, 5.41) is 15.1. The standard InChI is InChI=1S/C18H22Cl2N2O/c1-21-11-15(12-7-8-16(19)17(20)10-12)18(23)13-5-4-6-14(9-13)22(2)3/h4-10,15,18,21,23H,11H2,1-3H3/t15?,18-/m1/s1. The Morgan fingerprint density at radius 2 is 1.78 bits per heavy atom. The fourth-order valence-corrected chi connectivity index (χ4v) is 2.90. The average molecular weight is 353 g/mol. The van der Waals surface area contributed by atoms with Crippen molar-refractivity contribution in [3.8, 4) is 0 Å². The highest BCUT2D eigenvalue weighted by molar-refractivity contribution is 6.42. The maximum atomic E-state index is 10.9. The molecule has 2 atom stereocenters. The van der Waals surface area contributed by atoms with Crippen LogP contribution in [0, 0.1) is 0 Å². The van der Waals surface area contributed by atoms with Crippen molar-refractivity contribution in [1.29, 1.82) is 0 Å². The van der Waals surface area contributed by atoms with Crippen molar-refractivity contribution >= 4 is 28.9 Å². The van der Waals surface area contributed by atoms with Gasteiger partial charge in [-0.25, -0.2) is 0 Å². The molecule has 2 rings (SSSR count). The smallest absolute Gasteiger partial charge is 0.0871 e. The molecule has 0 spiro atoms. The molecular weight excluding hydrogens is 331 g/mol. The highest BCUT2D eigenvalue weighted by atomic mass is 35.5. The van der Waals surface area contributed by atoms with Crippen molar-refractivity contribution in [3.63, 3.8) is 0 Å². The Bertz CT molecular complexity index is 661. The molecule has 0 amide bonds. The predicted molar refractivity (Wildman–Crippen MR) is 98.9 cm³/mol. The number of nitrogens with zero attached hydrogens (tertiary/aromatic N) is 1. The van der Waals surface area contributed by atoms with Gasteiger partial charge in [0.05, 0.1) is 16.1 Å². The van der Waals surface area contributed by atoms with Gasteiger partial charge in [-0.15, -0.1) is 0 Å². The first kappa shape index (κ1) is 18.1. The summed E-state index contributed by atoms with van der Waals surface area (Å²) < 4.78 is 0. The number of anilines is 1. The molecule has 0 fully saturated rings. The van der Waals surface area contributed by atoms with Gasteiger partial charge in [-0.2, -0.15) is 0 Å². The molecule has 0 saturated carbocycles. The molecule has 0 aliphatic heterocycles. The number of benzene rings is 2. The first-order chi connectivity index (χ1) is 10.9. The van der Waals surface area contributed by atoms with Crippen LogP contribution in [0.5, 0.6) is 0 Å². The van der Waals surface area contributed by atoms with E-state index in [0.29, 0.717) is 16.6 Å². The molecule has 1 unspecified atom stereocenters. The number of halogens is 2. The van der Waals surface area contributed by atoms with E-state index in [0.717, 1.165) is 16.8 Å². The summed E-state index contributed by atoms with van der Waals surface area (Å²) in [6.45, 7) is 0.630. The van der Waals surface area contributed by atoms with Crippen molar-refractivity contribution < 1.29 is 5.11 Å². The average Bonchev–Trinajstić information content (AvgIpc) is 2.55.